The number of hydrogen-bond donors (Lipinski definition) is 2. The van der Waals surface area contributed by atoms with E-state index in [4.69, 9.17) is 5.73 Å². The van der Waals surface area contributed by atoms with Gasteiger partial charge in [-0.15, -0.1) is 0 Å². The molecule has 3 N–H and O–H groups in total. The summed E-state index contributed by atoms with van der Waals surface area (Å²) in [5, 5.41) is 4.50. The molecule has 0 bridgehead atoms. The minimum atomic E-state index is 0.446. The minimum Gasteiger partial charge on any atom is -0.397 e. The summed E-state index contributed by atoms with van der Waals surface area (Å²) < 4.78 is 0. The van der Waals surface area contributed by atoms with Crippen LogP contribution >= 0.6 is 0 Å². The molecule has 0 aliphatic rings. The highest BCUT2D eigenvalue weighted by Gasteiger charge is 2.07. The SMILES string of the molecule is CCCCC(C)Nc1ccc2ncccc2c1N. The number of pyridine rings is 1. The van der Waals surface area contributed by atoms with Crippen molar-refractivity contribution >= 4 is 22.3 Å². The zero-order chi connectivity index (χ0) is 13.0. The molecule has 0 aliphatic heterocycles. The van der Waals surface area contributed by atoms with Crippen molar-refractivity contribution in [3.8, 4) is 0 Å². The van der Waals surface area contributed by atoms with Gasteiger partial charge in [-0.1, -0.05) is 19.8 Å². The zero-order valence-electron chi connectivity index (χ0n) is 11.1. The number of hydrogen-bond acceptors (Lipinski definition) is 3. The molecule has 0 fully saturated rings. The van der Waals surface area contributed by atoms with E-state index >= 15 is 0 Å². The molecule has 1 aromatic heterocycles. The predicted molar refractivity (Wildman–Crippen MR) is 78.8 cm³/mol. The van der Waals surface area contributed by atoms with E-state index in [2.05, 4.69) is 24.1 Å². The molecule has 2 rings (SSSR count). The summed E-state index contributed by atoms with van der Waals surface area (Å²) in [7, 11) is 0. The molecule has 0 radical (unpaired) electrons. The quantitative estimate of drug-likeness (QED) is 0.785. The van der Waals surface area contributed by atoms with Crippen LogP contribution in [0.2, 0.25) is 0 Å². The number of aromatic nitrogens is 1. The van der Waals surface area contributed by atoms with E-state index in [1.807, 2.05) is 24.3 Å². The van der Waals surface area contributed by atoms with Crippen molar-refractivity contribution < 1.29 is 0 Å². The van der Waals surface area contributed by atoms with E-state index in [9.17, 15) is 0 Å². The third-order valence-corrected chi connectivity index (χ3v) is 3.22. The largest absolute Gasteiger partial charge is 0.397 e. The number of fused-ring (bicyclic) bond motifs is 1. The molecule has 1 aromatic carbocycles. The summed E-state index contributed by atoms with van der Waals surface area (Å²) in [5.74, 6) is 0. The molecular weight excluding hydrogens is 222 g/mol. The number of nitrogens with two attached hydrogens (primary N) is 1. The zero-order valence-corrected chi connectivity index (χ0v) is 11.1. The van der Waals surface area contributed by atoms with E-state index in [0.29, 0.717) is 6.04 Å². The normalized spacial score (nSPS) is 12.6. The molecule has 0 spiro atoms. The van der Waals surface area contributed by atoms with E-state index in [1.54, 1.807) is 6.20 Å². The Morgan fingerprint density at radius 3 is 2.94 bits per heavy atom. The first kappa shape index (κ1) is 12.7. The van der Waals surface area contributed by atoms with Crippen LogP contribution in [-0.2, 0) is 0 Å². The van der Waals surface area contributed by atoms with Gasteiger partial charge >= 0.3 is 0 Å². The number of nitrogen functional groups attached to an aromatic ring is 1. The maximum atomic E-state index is 6.19. The van der Waals surface area contributed by atoms with Crippen molar-refractivity contribution in [3.05, 3.63) is 30.5 Å². The maximum absolute atomic E-state index is 6.19. The van der Waals surface area contributed by atoms with Crippen LogP contribution in [0.1, 0.15) is 33.1 Å². The summed E-state index contributed by atoms with van der Waals surface area (Å²) >= 11 is 0. The molecule has 0 amide bonds. The first-order chi connectivity index (χ1) is 8.72. The summed E-state index contributed by atoms with van der Waals surface area (Å²) in [4.78, 5) is 4.30. The van der Waals surface area contributed by atoms with Gasteiger partial charge in [-0.05, 0) is 37.6 Å². The highest BCUT2D eigenvalue weighted by atomic mass is 14.9. The van der Waals surface area contributed by atoms with Crippen LogP contribution in [0.3, 0.4) is 0 Å². The average molecular weight is 243 g/mol. The van der Waals surface area contributed by atoms with Crippen LogP contribution in [-0.4, -0.2) is 11.0 Å². The molecule has 96 valence electrons. The second-order valence-electron chi connectivity index (χ2n) is 4.78. The second kappa shape index (κ2) is 5.71. The fraction of sp³-hybridized carbons (Fsp3) is 0.400. The Hall–Kier alpha value is -1.77. The van der Waals surface area contributed by atoms with E-state index < -0.39 is 0 Å². The Labute approximate surface area is 108 Å². The topological polar surface area (TPSA) is 50.9 Å². The number of unbranched alkanes of at least 4 members (excludes halogenated alkanes) is 1. The van der Waals surface area contributed by atoms with Crippen LogP contribution in [0.5, 0.6) is 0 Å². The minimum absolute atomic E-state index is 0.446. The lowest BCUT2D eigenvalue weighted by Crippen LogP contribution is -2.16. The van der Waals surface area contributed by atoms with Crippen LogP contribution in [0.15, 0.2) is 30.5 Å². The standard InChI is InChI=1S/C15H21N3/c1-3-4-6-11(2)18-14-9-8-13-12(15(14)16)7-5-10-17-13/h5,7-11,18H,3-4,6,16H2,1-2H3. The highest BCUT2D eigenvalue weighted by molar-refractivity contribution is 5.96. The number of benzene rings is 1. The third kappa shape index (κ3) is 2.73. The predicted octanol–water partition coefficient (Wildman–Crippen LogP) is 3.81. The van der Waals surface area contributed by atoms with Crippen molar-refractivity contribution in [2.24, 2.45) is 0 Å². The van der Waals surface area contributed by atoms with Gasteiger partial charge in [-0.2, -0.15) is 0 Å². The lowest BCUT2D eigenvalue weighted by Gasteiger charge is -2.17. The Bertz CT molecular complexity index is 522. The summed E-state index contributed by atoms with van der Waals surface area (Å²) in [5.41, 5.74) is 8.95. The lowest BCUT2D eigenvalue weighted by molar-refractivity contribution is 0.645. The lowest BCUT2D eigenvalue weighted by atomic mass is 10.1. The number of rotatable bonds is 5. The van der Waals surface area contributed by atoms with Gasteiger partial charge in [0.2, 0.25) is 0 Å². The molecule has 18 heavy (non-hydrogen) atoms. The summed E-state index contributed by atoms with van der Waals surface area (Å²) in [6.45, 7) is 4.41. The van der Waals surface area contributed by atoms with Gasteiger partial charge in [0.1, 0.15) is 0 Å². The third-order valence-electron chi connectivity index (χ3n) is 3.22. The number of nitrogens with zero attached hydrogens (tertiary/aromatic N) is 1. The van der Waals surface area contributed by atoms with Crippen molar-refractivity contribution in [3.63, 3.8) is 0 Å². The molecule has 0 aliphatic carbocycles. The van der Waals surface area contributed by atoms with Gasteiger partial charge in [0.05, 0.1) is 16.9 Å². The van der Waals surface area contributed by atoms with Gasteiger partial charge in [-0.3, -0.25) is 4.98 Å². The fourth-order valence-corrected chi connectivity index (χ4v) is 2.15. The Kier molecular flexibility index (Phi) is 4.03. The number of nitrogens with one attached hydrogen (secondary N) is 1. The average Bonchev–Trinajstić information content (AvgIpc) is 2.40. The highest BCUT2D eigenvalue weighted by Crippen LogP contribution is 2.28. The van der Waals surface area contributed by atoms with Crippen LogP contribution in [0.4, 0.5) is 11.4 Å². The van der Waals surface area contributed by atoms with Crippen molar-refractivity contribution in [1.82, 2.24) is 4.98 Å². The van der Waals surface area contributed by atoms with Gasteiger partial charge in [0.25, 0.3) is 0 Å². The molecule has 1 heterocycles. The smallest absolute Gasteiger partial charge is 0.0724 e. The van der Waals surface area contributed by atoms with Gasteiger partial charge in [-0.25, -0.2) is 0 Å². The Morgan fingerprint density at radius 2 is 2.17 bits per heavy atom. The van der Waals surface area contributed by atoms with Crippen LogP contribution in [0, 0.1) is 0 Å². The summed E-state index contributed by atoms with van der Waals surface area (Å²) in [6, 6.07) is 8.41. The molecule has 1 atom stereocenters. The molecule has 0 saturated heterocycles. The first-order valence-electron chi connectivity index (χ1n) is 6.62. The summed E-state index contributed by atoms with van der Waals surface area (Å²) in [6.07, 6.45) is 5.42. The Balaban J connectivity index is 2.21. The molecule has 3 heteroatoms. The first-order valence-corrected chi connectivity index (χ1v) is 6.62. The number of anilines is 2. The van der Waals surface area contributed by atoms with Gasteiger partial charge in [0.15, 0.2) is 0 Å². The second-order valence-corrected chi connectivity index (χ2v) is 4.78. The maximum Gasteiger partial charge on any atom is 0.0724 e. The monoisotopic (exact) mass is 243 g/mol. The van der Waals surface area contributed by atoms with Crippen LogP contribution in [0.25, 0.3) is 10.9 Å². The molecule has 2 aromatic rings. The molecule has 0 saturated carbocycles. The van der Waals surface area contributed by atoms with E-state index in [1.165, 1.54) is 19.3 Å². The van der Waals surface area contributed by atoms with Gasteiger partial charge < -0.3 is 11.1 Å². The van der Waals surface area contributed by atoms with Crippen LogP contribution < -0.4 is 11.1 Å². The van der Waals surface area contributed by atoms with E-state index in [0.717, 1.165) is 22.3 Å². The molecule has 3 nitrogen and oxygen atoms in total. The Morgan fingerprint density at radius 1 is 1.33 bits per heavy atom. The van der Waals surface area contributed by atoms with Crippen molar-refractivity contribution in [2.75, 3.05) is 11.1 Å². The van der Waals surface area contributed by atoms with Crippen molar-refractivity contribution in [2.45, 2.75) is 39.2 Å². The fourth-order valence-electron chi connectivity index (χ4n) is 2.15. The van der Waals surface area contributed by atoms with E-state index in [-0.39, 0.29) is 0 Å². The van der Waals surface area contributed by atoms with Crippen molar-refractivity contribution in [1.29, 1.82) is 0 Å². The molecular formula is C15H21N3. The molecule has 1 unspecified atom stereocenters. The van der Waals surface area contributed by atoms with Gasteiger partial charge in [0, 0.05) is 17.6 Å².